The summed E-state index contributed by atoms with van der Waals surface area (Å²) in [6.45, 7) is 3.78. The van der Waals surface area contributed by atoms with E-state index in [4.69, 9.17) is 4.74 Å². The van der Waals surface area contributed by atoms with E-state index in [0.29, 0.717) is 17.5 Å². The van der Waals surface area contributed by atoms with Crippen molar-refractivity contribution in [1.29, 1.82) is 0 Å². The molecule has 3 rings (SSSR count). The molecule has 7 nitrogen and oxygen atoms in total. The first-order valence-electron chi connectivity index (χ1n) is 8.27. The predicted octanol–water partition coefficient (Wildman–Crippen LogP) is 2.21. The Hall–Kier alpha value is -2.44. The first-order chi connectivity index (χ1) is 11.6. The lowest BCUT2D eigenvalue weighted by Gasteiger charge is -2.38. The van der Waals surface area contributed by atoms with Gasteiger partial charge in [0.2, 0.25) is 5.91 Å². The minimum absolute atomic E-state index is 0.0703. The van der Waals surface area contributed by atoms with Crippen molar-refractivity contribution in [3.05, 3.63) is 30.1 Å². The van der Waals surface area contributed by atoms with E-state index in [9.17, 15) is 4.79 Å². The molecule has 0 saturated heterocycles. The van der Waals surface area contributed by atoms with E-state index >= 15 is 0 Å². The fraction of sp³-hybridized carbons (Fsp3) is 0.529. The van der Waals surface area contributed by atoms with Crippen LogP contribution >= 0.6 is 0 Å². The van der Waals surface area contributed by atoms with Crippen molar-refractivity contribution in [2.75, 3.05) is 7.11 Å². The van der Waals surface area contributed by atoms with E-state index in [2.05, 4.69) is 27.8 Å². The quantitative estimate of drug-likeness (QED) is 0.930. The molecular formula is C17H23N5O2. The summed E-state index contributed by atoms with van der Waals surface area (Å²) in [4.78, 5) is 11.9. The topological polar surface area (TPSA) is 81.9 Å². The lowest BCUT2D eigenvalue weighted by atomic mass is 9.76. The Labute approximate surface area is 141 Å². The van der Waals surface area contributed by atoms with Crippen molar-refractivity contribution in [3.63, 3.8) is 0 Å². The molecule has 128 valence electrons. The summed E-state index contributed by atoms with van der Waals surface area (Å²) >= 11 is 0. The van der Waals surface area contributed by atoms with Gasteiger partial charge in [0.1, 0.15) is 17.0 Å². The number of nitrogens with zero attached hydrogens (tertiary/aromatic N) is 4. The van der Waals surface area contributed by atoms with E-state index in [1.165, 1.54) is 6.92 Å². The van der Waals surface area contributed by atoms with Crippen LogP contribution in [0, 0.1) is 5.92 Å². The molecule has 0 spiro atoms. The molecule has 1 amide bonds. The lowest BCUT2D eigenvalue weighted by molar-refractivity contribution is -0.121. The number of methoxy groups -OCH3 is 1. The van der Waals surface area contributed by atoms with Crippen molar-refractivity contribution in [3.8, 4) is 11.4 Å². The highest BCUT2D eigenvalue weighted by Gasteiger charge is 2.41. The number of benzene rings is 1. The number of aromatic nitrogens is 4. The Morgan fingerprint density at radius 3 is 2.71 bits per heavy atom. The van der Waals surface area contributed by atoms with Gasteiger partial charge in [-0.3, -0.25) is 4.79 Å². The molecule has 2 aromatic rings. The van der Waals surface area contributed by atoms with Crippen molar-refractivity contribution >= 4 is 5.91 Å². The molecule has 1 aliphatic carbocycles. The molecule has 1 heterocycles. The van der Waals surface area contributed by atoms with Gasteiger partial charge in [0, 0.05) is 6.92 Å². The number of ether oxygens (including phenoxy) is 1. The third-order valence-electron chi connectivity index (χ3n) is 4.75. The molecule has 24 heavy (non-hydrogen) atoms. The van der Waals surface area contributed by atoms with Gasteiger partial charge in [-0.2, -0.15) is 4.68 Å². The number of tetrazole rings is 1. The molecule has 0 aliphatic heterocycles. The van der Waals surface area contributed by atoms with Gasteiger partial charge in [-0.1, -0.05) is 19.1 Å². The third kappa shape index (κ3) is 2.98. The highest BCUT2D eigenvalue weighted by Crippen LogP contribution is 2.39. The number of nitrogens with one attached hydrogen (secondary N) is 1. The summed E-state index contributed by atoms with van der Waals surface area (Å²) in [5.74, 6) is 1.92. The SMILES string of the molecule is COc1ccccc1-n1nnnc1C1(NC(C)=O)CCC(C)CC1. The zero-order valence-corrected chi connectivity index (χ0v) is 14.3. The van der Waals surface area contributed by atoms with Crippen molar-refractivity contribution < 1.29 is 9.53 Å². The molecule has 0 bridgehead atoms. The van der Waals surface area contributed by atoms with Crippen LogP contribution in [0.2, 0.25) is 0 Å². The Bertz CT molecular complexity index is 719. The fourth-order valence-corrected chi connectivity index (χ4v) is 3.45. The minimum Gasteiger partial charge on any atom is -0.494 e. The Morgan fingerprint density at radius 2 is 2.04 bits per heavy atom. The number of carbonyl (C=O) groups excluding carboxylic acids is 1. The third-order valence-corrected chi connectivity index (χ3v) is 4.75. The van der Waals surface area contributed by atoms with Crippen molar-refractivity contribution in [1.82, 2.24) is 25.5 Å². The van der Waals surface area contributed by atoms with Gasteiger partial charge in [-0.05, 0) is 54.2 Å². The summed E-state index contributed by atoms with van der Waals surface area (Å²) < 4.78 is 7.12. The molecule has 1 N–H and O–H groups in total. The van der Waals surface area contributed by atoms with Gasteiger partial charge >= 0.3 is 0 Å². The normalized spacial score (nSPS) is 23.7. The van der Waals surface area contributed by atoms with Crippen LogP contribution in [0.5, 0.6) is 5.75 Å². The second-order valence-corrected chi connectivity index (χ2v) is 6.53. The molecule has 1 aromatic carbocycles. The van der Waals surface area contributed by atoms with Crippen LogP contribution in [0.15, 0.2) is 24.3 Å². The Morgan fingerprint density at radius 1 is 1.33 bits per heavy atom. The number of rotatable bonds is 4. The molecule has 1 fully saturated rings. The highest BCUT2D eigenvalue weighted by molar-refractivity contribution is 5.74. The number of hydrogen-bond acceptors (Lipinski definition) is 5. The molecule has 1 aliphatic rings. The first kappa shape index (κ1) is 16.4. The first-order valence-corrected chi connectivity index (χ1v) is 8.27. The largest absolute Gasteiger partial charge is 0.494 e. The minimum atomic E-state index is -0.539. The zero-order valence-electron chi connectivity index (χ0n) is 14.3. The smallest absolute Gasteiger partial charge is 0.217 e. The molecule has 0 unspecified atom stereocenters. The number of amides is 1. The van der Waals surface area contributed by atoms with Crippen LogP contribution in [-0.4, -0.2) is 33.2 Å². The summed E-state index contributed by atoms with van der Waals surface area (Å²) in [6, 6.07) is 7.59. The molecule has 0 atom stereocenters. The van der Waals surface area contributed by atoms with Gasteiger partial charge in [-0.25, -0.2) is 0 Å². The van der Waals surface area contributed by atoms with Gasteiger partial charge in [0.05, 0.1) is 7.11 Å². The summed E-state index contributed by atoms with van der Waals surface area (Å²) in [5.41, 5.74) is 0.228. The monoisotopic (exact) mass is 329 g/mol. The molecule has 1 aromatic heterocycles. The maximum absolute atomic E-state index is 11.9. The van der Waals surface area contributed by atoms with Gasteiger partial charge in [0.25, 0.3) is 0 Å². The average molecular weight is 329 g/mol. The molecule has 0 radical (unpaired) electrons. The van der Waals surface area contributed by atoms with E-state index < -0.39 is 5.54 Å². The zero-order chi connectivity index (χ0) is 17.2. The fourth-order valence-electron chi connectivity index (χ4n) is 3.45. The molecule has 7 heteroatoms. The number of hydrogen-bond donors (Lipinski definition) is 1. The van der Waals surface area contributed by atoms with Crippen LogP contribution in [-0.2, 0) is 10.3 Å². The maximum Gasteiger partial charge on any atom is 0.217 e. The second kappa shape index (κ2) is 6.59. The summed E-state index contributed by atoms with van der Waals surface area (Å²) in [6.07, 6.45) is 3.70. The standard InChI is InChI=1S/C17H23N5O2/c1-12-8-10-17(11-9-12,18-13(2)23)16-19-20-21-22(16)14-6-4-5-7-15(14)24-3/h4-7,12H,8-11H2,1-3H3,(H,18,23). The summed E-state index contributed by atoms with van der Waals surface area (Å²) in [5, 5.41) is 15.4. The van der Waals surface area contributed by atoms with Gasteiger partial charge in [0.15, 0.2) is 5.82 Å². The average Bonchev–Trinajstić information content (AvgIpc) is 3.07. The van der Waals surface area contributed by atoms with Crippen LogP contribution < -0.4 is 10.1 Å². The number of carbonyl (C=O) groups is 1. The van der Waals surface area contributed by atoms with Crippen LogP contribution in [0.3, 0.4) is 0 Å². The predicted molar refractivity (Wildman–Crippen MR) is 88.8 cm³/mol. The van der Waals surface area contributed by atoms with Crippen LogP contribution in [0.25, 0.3) is 5.69 Å². The second-order valence-electron chi connectivity index (χ2n) is 6.53. The lowest BCUT2D eigenvalue weighted by Crippen LogP contribution is -2.49. The molecular weight excluding hydrogens is 306 g/mol. The maximum atomic E-state index is 11.9. The van der Waals surface area contributed by atoms with Crippen LogP contribution in [0.1, 0.15) is 45.4 Å². The van der Waals surface area contributed by atoms with E-state index in [-0.39, 0.29) is 5.91 Å². The van der Waals surface area contributed by atoms with Gasteiger partial charge in [-0.15, -0.1) is 5.10 Å². The van der Waals surface area contributed by atoms with E-state index in [1.54, 1.807) is 11.8 Å². The van der Waals surface area contributed by atoms with E-state index in [1.807, 2.05) is 24.3 Å². The van der Waals surface area contributed by atoms with Crippen LogP contribution in [0.4, 0.5) is 0 Å². The van der Waals surface area contributed by atoms with Gasteiger partial charge < -0.3 is 10.1 Å². The Kier molecular flexibility index (Phi) is 4.51. The van der Waals surface area contributed by atoms with E-state index in [0.717, 1.165) is 31.4 Å². The summed E-state index contributed by atoms with van der Waals surface area (Å²) in [7, 11) is 1.62. The van der Waals surface area contributed by atoms with Crippen molar-refractivity contribution in [2.24, 2.45) is 5.92 Å². The highest BCUT2D eigenvalue weighted by atomic mass is 16.5. The van der Waals surface area contributed by atoms with Crippen molar-refractivity contribution in [2.45, 2.75) is 45.1 Å². The Balaban J connectivity index is 2.07. The molecule has 1 saturated carbocycles. The number of para-hydroxylation sites is 2.